The highest BCUT2D eigenvalue weighted by Crippen LogP contribution is 2.35. The number of carbonyl (C=O) groups is 2. The summed E-state index contributed by atoms with van der Waals surface area (Å²) in [5, 5.41) is 5.99. The predicted molar refractivity (Wildman–Crippen MR) is 157 cm³/mol. The van der Waals surface area contributed by atoms with Crippen LogP contribution in [0.4, 0.5) is 0 Å². The molecule has 3 atom stereocenters. The van der Waals surface area contributed by atoms with Crippen molar-refractivity contribution in [2.75, 3.05) is 26.3 Å². The summed E-state index contributed by atoms with van der Waals surface area (Å²) in [5.41, 5.74) is 2.49. The van der Waals surface area contributed by atoms with Gasteiger partial charge in [0.15, 0.2) is 5.78 Å². The highest BCUT2D eigenvalue weighted by atomic mass is 35.5. The molecule has 2 aromatic carbocycles. The number of hydrogen-bond acceptors (Lipinski definition) is 4. The standard InChI is InChI=1S/C33H41ClN2O3/c1-22-15-28-8-3-23(2)36(20-29(28)18-31(22)33(38)35-13-14-39-21-24-4-5-24)19-26-7-6-25(16-26)17-32(37)27-9-11-30(34)12-10-27/h8-12,15,18,20,23-26H,3-7,13-14,16-17,19,21H2,1-2H3,(H,35,38). The molecule has 1 N–H and O–H groups in total. The third-order valence-corrected chi connectivity index (χ3v) is 8.82. The lowest BCUT2D eigenvalue weighted by atomic mass is 9.95. The molecule has 208 valence electrons. The summed E-state index contributed by atoms with van der Waals surface area (Å²) in [4.78, 5) is 28.2. The molecule has 0 spiro atoms. The van der Waals surface area contributed by atoms with Crippen LogP contribution >= 0.6 is 11.6 Å². The van der Waals surface area contributed by atoms with Gasteiger partial charge in [-0.3, -0.25) is 9.59 Å². The zero-order valence-electron chi connectivity index (χ0n) is 23.3. The molecule has 0 saturated heterocycles. The van der Waals surface area contributed by atoms with Gasteiger partial charge in [0.1, 0.15) is 0 Å². The summed E-state index contributed by atoms with van der Waals surface area (Å²) in [6, 6.07) is 11.8. The number of aryl methyl sites for hydroxylation is 1. The van der Waals surface area contributed by atoms with E-state index in [2.05, 4.69) is 41.5 Å². The zero-order chi connectivity index (χ0) is 27.4. The van der Waals surface area contributed by atoms with E-state index >= 15 is 0 Å². The first-order valence-corrected chi connectivity index (χ1v) is 15.0. The molecule has 1 heterocycles. The summed E-state index contributed by atoms with van der Waals surface area (Å²) in [7, 11) is 0. The minimum absolute atomic E-state index is 0.0356. The summed E-state index contributed by atoms with van der Waals surface area (Å²) in [5.74, 6) is 1.91. The van der Waals surface area contributed by atoms with Crippen LogP contribution in [0.2, 0.25) is 5.02 Å². The second kappa shape index (κ2) is 12.7. The first kappa shape index (κ1) is 27.9. The number of ether oxygens (including phenoxy) is 1. The van der Waals surface area contributed by atoms with Gasteiger partial charge in [0, 0.05) is 54.5 Å². The van der Waals surface area contributed by atoms with Gasteiger partial charge < -0.3 is 15.0 Å². The van der Waals surface area contributed by atoms with Gasteiger partial charge in [-0.15, -0.1) is 0 Å². The highest BCUT2D eigenvalue weighted by molar-refractivity contribution is 6.30. The molecular weight excluding hydrogens is 508 g/mol. The molecule has 2 aliphatic carbocycles. The molecule has 5 rings (SSSR count). The number of ketones is 1. The molecule has 6 heteroatoms. The fourth-order valence-corrected chi connectivity index (χ4v) is 6.09. The number of hydrogen-bond donors (Lipinski definition) is 1. The van der Waals surface area contributed by atoms with Crippen molar-refractivity contribution in [2.45, 2.75) is 64.8 Å². The van der Waals surface area contributed by atoms with Gasteiger partial charge in [-0.25, -0.2) is 0 Å². The van der Waals surface area contributed by atoms with E-state index in [1.165, 1.54) is 18.1 Å². The number of carbonyl (C=O) groups excluding carboxylic acids is 2. The molecule has 3 unspecified atom stereocenters. The summed E-state index contributed by atoms with van der Waals surface area (Å²) in [6.45, 7) is 7.18. The van der Waals surface area contributed by atoms with E-state index in [0.29, 0.717) is 42.5 Å². The number of benzene rings is 2. The first-order valence-electron chi connectivity index (χ1n) is 14.6. The number of amides is 1. The van der Waals surface area contributed by atoms with Gasteiger partial charge in [0.2, 0.25) is 0 Å². The monoisotopic (exact) mass is 548 g/mol. The Hall–Kier alpha value is -2.63. The van der Waals surface area contributed by atoms with Crippen LogP contribution in [0, 0.1) is 24.7 Å². The largest absolute Gasteiger partial charge is 0.379 e. The van der Waals surface area contributed by atoms with E-state index in [1.54, 1.807) is 12.1 Å². The van der Waals surface area contributed by atoms with Crippen LogP contribution in [-0.4, -0.2) is 48.9 Å². The molecule has 5 nitrogen and oxygen atoms in total. The lowest BCUT2D eigenvalue weighted by Gasteiger charge is -2.29. The minimum atomic E-state index is -0.0356. The number of rotatable bonds is 11. The average molecular weight is 549 g/mol. The quantitative estimate of drug-likeness (QED) is 0.313. The molecule has 1 aliphatic heterocycles. The Morgan fingerprint density at radius 1 is 1.03 bits per heavy atom. The Balaban J connectivity index is 1.20. The molecule has 2 aromatic rings. The molecule has 0 radical (unpaired) electrons. The molecular formula is C33H41ClN2O3. The molecule has 3 aliphatic rings. The van der Waals surface area contributed by atoms with Crippen LogP contribution in [0.15, 0.2) is 36.4 Å². The fraction of sp³-hybridized carbons (Fsp3) is 0.515. The normalized spacial score (nSPS) is 22.4. The fourth-order valence-electron chi connectivity index (χ4n) is 5.96. The SMILES string of the molecule is Cc1cc2c(cc1C(=O)NCCOCC1CC1)=CN(CC1CCC(CC(=O)c3ccc(Cl)cc3)C1)C(C)CC=2. The zero-order valence-corrected chi connectivity index (χ0v) is 24.0. The van der Waals surface area contributed by atoms with Crippen molar-refractivity contribution in [3.05, 3.63) is 68.5 Å². The van der Waals surface area contributed by atoms with Crippen LogP contribution in [0.5, 0.6) is 0 Å². The molecule has 1 amide bonds. The van der Waals surface area contributed by atoms with Gasteiger partial charge in [0.05, 0.1) is 6.61 Å². The lowest BCUT2D eigenvalue weighted by molar-refractivity contribution is 0.0905. The number of halogens is 1. The van der Waals surface area contributed by atoms with E-state index < -0.39 is 0 Å². The van der Waals surface area contributed by atoms with Crippen molar-refractivity contribution in [1.82, 2.24) is 10.2 Å². The summed E-state index contributed by atoms with van der Waals surface area (Å²) in [6.07, 6.45) is 12.0. The predicted octanol–water partition coefficient (Wildman–Crippen LogP) is 5.11. The smallest absolute Gasteiger partial charge is 0.251 e. The van der Waals surface area contributed by atoms with Crippen molar-refractivity contribution in [2.24, 2.45) is 17.8 Å². The van der Waals surface area contributed by atoms with Crippen LogP contribution in [0.25, 0.3) is 12.3 Å². The molecule has 0 aromatic heterocycles. The maximum Gasteiger partial charge on any atom is 0.251 e. The van der Waals surface area contributed by atoms with Gasteiger partial charge in [0.25, 0.3) is 5.91 Å². The van der Waals surface area contributed by atoms with E-state index in [0.717, 1.165) is 66.7 Å². The van der Waals surface area contributed by atoms with E-state index in [4.69, 9.17) is 16.3 Å². The van der Waals surface area contributed by atoms with Gasteiger partial charge in [-0.2, -0.15) is 0 Å². The van der Waals surface area contributed by atoms with Crippen LogP contribution in [0.1, 0.15) is 78.1 Å². The average Bonchev–Trinajstić information content (AvgIpc) is 3.67. The maximum absolute atomic E-state index is 13.0. The summed E-state index contributed by atoms with van der Waals surface area (Å²) < 4.78 is 5.67. The molecule has 2 saturated carbocycles. The van der Waals surface area contributed by atoms with Crippen LogP contribution < -0.4 is 15.8 Å². The maximum atomic E-state index is 13.0. The van der Waals surface area contributed by atoms with Crippen molar-refractivity contribution in [3.8, 4) is 0 Å². The van der Waals surface area contributed by atoms with E-state index in [9.17, 15) is 9.59 Å². The lowest BCUT2D eigenvalue weighted by Crippen LogP contribution is -2.35. The van der Waals surface area contributed by atoms with Gasteiger partial charge in [-0.05, 0) is 116 Å². The third kappa shape index (κ3) is 7.52. The minimum Gasteiger partial charge on any atom is -0.379 e. The second-order valence-electron chi connectivity index (χ2n) is 11.9. The molecule has 2 fully saturated rings. The first-order chi connectivity index (χ1) is 18.9. The summed E-state index contributed by atoms with van der Waals surface area (Å²) >= 11 is 5.98. The Morgan fingerprint density at radius 3 is 2.54 bits per heavy atom. The number of nitrogens with zero attached hydrogens (tertiary/aromatic N) is 1. The second-order valence-corrected chi connectivity index (χ2v) is 12.3. The molecule has 39 heavy (non-hydrogen) atoms. The number of Topliss-reactive ketones (excluding diaryl/α,β-unsaturated/α-hetero) is 1. The van der Waals surface area contributed by atoms with Crippen molar-refractivity contribution in [3.63, 3.8) is 0 Å². The van der Waals surface area contributed by atoms with E-state index in [-0.39, 0.29) is 11.7 Å². The Labute approximate surface area is 237 Å². The van der Waals surface area contributed by atoms with E-state index in [1.807, 2.05) is 19.1 Å². The topological polar surface area (TPSA) is 58.6 Å². The van der Waals surface area contributed by atoms with Crippen LogP contribution in [0.3, 0.4) is 0 Å². The van der Waals surface area contributed by atoms with Crippen molar-refractivity contribution < 1.29 is 14.3 Å². The molecule has 0 bridgehead atoms. The van der Waals surface area contributed by atoms with Gasteiger partial charge in [-0.1, -0.05) is 23.7 Å². The Morgan fingerprint density at radius 2 is 1.77 bits per heavy atom. The number of fused-ring (bicyclic) bond motifs is 1. The highest BCUT2D eigenvalue weighted by Gasteiger charge is 2.29. The Bertz CT molecular complexity index is 1300. The van der Waals surface area contributed by atoms with Crippen LogP contribution in [-0.2, 0) is 4.74 Å². The van der Waals surface area contributed by atoms with Crippen molar-refractivity contribution in [1.29, 1.82) is 0 Å². The Kier molecular flexibility index (Phi) is 9.09. The van der Waals surface area contributed by atoms with Crippen molar-refractivity contribution >= 4 is 35.6 Å². The number of nitrogens with one attached hydrogen (secondary N) is 1. The van der Waals surface area contributed by atoms with Gasteiger partial charge >= 0.3 is 0 Å². The third-order valence-electron chi connectivity index (χ3n) is 8.57.